The van der Waals surface area contributed by atoms with Crippen LogP contribution in [0, 0.1) is 23.1 Å². The number of benzene rings is 1. The smallest absolute Gasteiger partial charge is 0.223 e. The molecule has 0 saturated carbocycles. The van der Waals surface area contributed by atoms with Crippen molar-refractivity contribution < 1.29 is 18.3 Å². The summed E-state index contributed by atoms with van der Waals surface area (Å²) in [6, 6.07) is 10.0. The molecule has 31 heavy (non-hydrogen) atoms. The van der Waals surface area contributed by atoms with Crippen molar-refractivity contribution in [3.63, 3.8) is 0 Å². The Kier molecular flexibility index (Phi) is 4.79. The van der Waals surface area contributed by atoms with Gasteiger partial charge in [-0.2, -0.15) is 5.26 Å². The number of pyridine rings is 1. The molecule has 2 aromatic heterocycles. The Morgan fingerprint density at radius 1 is 1.29 bits per heavy atom. The lowest BCUT2D eigenvalue weighted by atomic mass is 9.96. The van der Waals surface area contributed by atoms with Gasteiger partial charge in [0.2, 0.25) is 5.88 Å². The molecule has 1 aliphatic heterocycles. The van der Waals surface area contributed by atoms with Crippen LogP contribution in [-0.2, 0) is 17.9 Å². The Morgan fingerprint density at radius 3 is 3.00 bits per heavy atom. The third kappa shape index (κ3) is 3.29. The SMILES string of the molecule is CC1C=c2c3c(n(Cc4cc(C#N)ccc4F)c2=CC1F)COCOc1ncccc1-3. The van der Waals surface area contributed by atoms with Gasteiger partial charge in [0.25, 0.3) is 0 Å². The second-order valence-corrected chi connectivity index (χ2v) is 7.73. The maximum absolute atomic E-state index is 14.7. The predicted molar refractivity (Wildman–Crippen MR) is 110 cm³/mol. The summed E-state index contributed by atoms with van der Waals surface area (Å²) in [5.41, 5.74) is 3.15. The number of ether oxygens (including phenoxy) is 2. The molecular formula is C24H19F2N3O2. The van der Waals surface area contributed by atoms with Crippen LogP contribution in [0.1, 0.15) is 23.7 Å². The lowest BCUT2D eigenvalue weighted by molar-refractivity contribution is -0.000895. The number of halogens is 2. The first-order valence-corrected chi connectivity index (χ1v) is 10.0. The van der Waals surface area contributed by atoms with E-state index >= 15 is 0 Å². The molecule has 5 nitrogen and oxygen atoms in total. The average molecular weight is 419 g/mol. The van der Waals surface area contributed by atoms with Crippen LogP contribution in [-0.4, -0.2) is 22.5 Å². The van der Waals surface area contributed by atoms with E-state index in [-0.39, 0.29) is 25.9 Å². The van der Waals surface area contributed by atoms with Crippen LogP contribution in [0.15, 0.2) is 36.5 Å². The van der Waals surface area contributed by atoms with E-state index in [1.807, 2.05) is 35.8 Å². The van der Waals surface area contributed by atoms with E-state index in [9.17, 15) is 14.0 Å². The summed E-state index contributed by atoms with van der Waals surface area (Å²) < 4.78 is 42.5. The summed E-state index contributed by atoms with van der Waals surface area (Å²) in [5.74, 6) is -0.291. The molecule has 0 bridgehead atoms. The minimum absolute atomic E-state index is 0.0210. The topological polar surface area (TPSA) is 60.1 Å². The van der Waals surface area contributed by atoms with Gasteiger partial charge < -0.3 is 14.0 Å². The third-order valence-corrected chi connectivity index (χ3v) is 5.76. The van der Waals surface area contributed by atoms with E-state index in [2.05, 4.69) is 4.98 Å². The number of hydrogen-bond donors (Lipinski definition) is 0. The fourth-order valence-corrected chi connectivity index (χ4v) is 4.21. The summed E-state index contributed by atoms with van der Waals surface area (Å²) in [6.07, 6.45) is 3.96. The van der Waals surface area contributed by atoms with Gasteiger partial charge in [-0.25, -0.2) is 13.8 Å². The Morgan fingerprint density at radius 2 is 2.16 bits per heavy atom. The number of aromatic nitrogens is 2. The van der Waals surface area contributed by atoms with Gasteiger partial charge in [0, 0.05) is 39.4 Å². The summed E-state index contributed by atoms with van der Waals surface area (Å²) in [4.78, 5) is 4.33. The first-order valence-electron chi connectivity index (χ1n) is 10.0. The van der Waals surface area contributed by atoms with E-state index in [0.717, 1.165) is 22.0 Å². The molecule has 3 aromatic rings. The molecule has 5 rings (SSSR count). The summed E-state index contributed by atoms with van der Waals surface area (Å²) in [7, 11) is 0. The molecule has 0 fully saturated rings. The molecule has 2 unspecified atom stereocenters. The van der Waals surface area contributed by atoms with E-state index in [4.69, 9.17) is 9.47 Å². The zero-order chi connectivity index (χ0) is 21.5. The quantitative estimate of drug-likeness (QED) is 0.641. The molecule has 0 amide bonds. The largest absolute Gasteiger partial charge is 0.450 e. The molecule has 1 aliphatic carbocycles. The monoisotopic (exact) mass is 419 g/mol. The molecule has 1 aromatic carbocycles. The van der Waals surface area contributed by atoms with Crippen molar-refractivity contribution in [1.29, 1.82) is 5.26 Å². The molecule has 0 saturated heterocycles. The minimum Gasteiger partial charge on any atom is -0.450 e. The normalized spacial score (nSPS) is 19.3. The fraction of sp³-hybridized carbons (Fsp3) is 0.250. The Bertz CT molecular complexity index is 1340. The van der Waals surface area contributed by atoms with Crippen molar-refractivity contribution >= 4 is 12.2 Å². The van der Waals surface area contributed by atoms with Gasteiger partial charge >= 0.3 is 0 Å². The van der Waals surface area contributed by atoms with Gasteiger partial charge in [-0.3, -0.25) is 0 Å². The molecule has 7 heteroatoms. The van der Waals surface area contributed by atoms with Crippen molar-refractivity contribution in [2.75, 3.05) is 6.79 Å². The van der Waals surface area contributed by atoms with Gasteiger partial charge in [-0.1, -0.05) is 13.0 Å². The standard InChI is InChI=1S/C24H19F2N3O2/c1-14-7-18-21(9-20(14)26)29(11-16-8-15(10-27)4-5-19(16)25)22-12-30-13-31-24-17(23(18)22)3-2-6-28-24/h2-9,14,20H,11-13H2,1H3. The highest BCUT2D eigenvalue weighted by atomic mass is 19.1. The maximum atomic E-state index is 14.7. The lowest BCUT2D eigenvalue weighted by Crippen LogP contribution is -2.37. The Balaban J connectivity index is 1.81. The van der Waals surface area contributed by atoms with Gasteiger partial charge in [-0.05, 0) is 36.4 Å². The number of rotatable bonds is 2. The van der Waals surface area contributed by atoms with Crippen molar-refractivity contribution in [3.05, 3.63) is 69.7 Å². The van der Waals surface area contributed by atoms with Crippen molar-refractivity contribution in [2.24, 2.45) is 5.92 Å². The molecule has 0 radical (unpaired) electrons. The lowest BCUT2D eigenvalue weighted by Gasteiger charge is -2.18. The first-order chi connectivity index (χ1) is 15.1. The van der Waals surface area contributed by atoms with Gasteiger partial charge in [0.05, 0.1) is 30.5 Å². The predicted octanol–water partition coefficient (Wildman–Crippen LogP) is 3.02. The summed E-state index contributed by atoms with van der Waals surface area (Å²) in [5, 5.41) is 10.7. The molecule has 2 atom stereocenters. The fourth-order valence-electron chi connectivity index (χ4n) is 4.21. The number of nitriles is 1. The summed E-state index contributed by atoms with van der Waals surface area (Å²) >= 11 is 0. The van der Waals surface area contributed by atoms with Crippen LogP contribution in [0.5, 0.6) is 5.88 Å². The van der Waals surface area contributed by atoms with Crippen molar-refractivity contribution in [1.82, 2.24) is 9.55 Å². The van der Waals surface area contributed by atoms with Crippen LogP contribution >= 0.6 is 0 Å². The zero-order valence-electron chi connectivity index (χ0n) is 16.8. The van der Waals surface area contributed by atoms with E-state index in [1.54, 1.807) is 12.3 Å². The highest BCUT2D eigenvalue weighted by Gasteiger charge is 2.26. The Hall–Kier alpha value is -3.50. The molecule has 156 valence electrons. The van der Waals surface area contributed by atoms with Crippen LogP contribution in [0.3, 0.4) is 0 Å². The van der Waals surface area contributed by atoms with Crippen LogP contribution in [0.2, 0.25) is 0 Å². The van der Waals surface area contributed by atoms with Crippen molar-refractivity contribution in [3.8, 4) is 23.1 Å². The Labute approximate surface area is 177 Å². The van der Waals surface area contributed by atoms with Crippen LogP contribution < -0.4 is 15.3 Å². The number of alkyl halides is 1. The molecule has 3 heterocycles. The van der Waals surface area contributed by atoms with Crippen molar-refractivity contribution in [2.45, 2.75) is 26.2 Å². The third-order valence-electron chi connectivity index (χ3n) is 5.76. The summed E-state index contributed by atoms with van der Waals surface area (Å²) in [6.45, 7) is 2.20. The first kappa shape index (κ1) is 19.5. The molecule has 0 spiro atoms. The van der Waals surface area contributed by atoms with E-state index in [0.29, 0.717) is 22.4 Å². The average Bonchev–Trinajstić information content (AvgIpc) is 3.03. The number of nitrogens with zero attached hydrogens (tertiary/aromatic N) is 3. The van der Waals surface area contributed by atoms with Gasteiger partial charge in [0.1, 0.15) is 12.0 Å². The zero-order valence-corrected chi connectivity index (χ0v) is 16.8. The molecule has 0 N–H and O–H groups in total. The van der Waals surface area contributed by atoms with Gasteiger partial charge in [0.15, 0.2) is 6.79 Å². The second kappa shape index (κ2) is 7.64. The minimum atomic E-state index is -1.16. The van der Waals surface area contributed by atoms with E-state index < -0.39 is 12.0 Å². The van der Waals surface area contributed by atoms with E-state index in [1.165, 1.54) is 18.2 Å². The molecule has 2 aliphatic rings. The number of hydrogen-bond acceptors (Lipinski definition) is 4. The maximum Gasteiger partial charge on any atom is 0.223 e. The van der Waals surface area contributed by atoms with Crippen LogP contribution in [0.4, 0.5) is 8.78 Å². The number of fused-ring (bicyclic) bond motifs is 5. The highest BCUT2D eigenvalue weighted by molar-refractivity contribution is 5.74. The molecular weight excluding hydrogens is 400 g/mol. The highest BCUT2D eigenvalue weighted by Crippen LogP contribution is 2.31. The van der Waals surface area contributed by atoms with Crippen LogP contribution in [0.25, 0.3) is 23.3 Å². The van der Waals surface area contributed by atoms with Gasteiger partial charge in [-0.15, -0.1) is 0 Å². The second-order valence-electron chi connectivity index (χ2n) is 7.73.